The highest BCUT2D eigenvalue weighted by atomic mass is 16.5. The maximum atomic E-state index is 12.3. The number of nitrogens with zero attached hydrogens (tertiary/aromatic N) is 2. The van der Waals surface area contributed by atoms with Gasteiger partial charge in [0.1, 0.15) is 5.82 Å². The van der Waals surface area contributed by atoms with Crippen LogP contribution in [0.15, 0.2) is 36.4 Å². The number of hydrogen-bond acceptors (Lipinski definition) is 5. The molecule has 2 heterocycles. The molecule has 1 saturated carbocycles. The van der Waals surface area contributed by atoms with Crippen molar-refractivity contribution in [2.75, 3.05) is 18.5 Å². The number of amides is 1. The average Bonchev–Trinajstić information content (AvgIpc) is 3.42. The van der Waals surface area contributed by atoms with Gasteiger partial charge in [0.05, 0.1) is 0 Å². The summed E-state index contributed by atoms with van der Waals surface area (Å²) in [6.45, 7) is 1.40. The zero-order valence-corrected chi connectivity index (χ0v) is 15.2. The maximum Gasteiger partial charge on any atom is 0.272 e. The summed E-state index contributed by atoms with van der Waals surface area (Å²) in [6.07, 6.45) is 4.08. The first-order valence-electron chi connectivity index (χ1n) is 9.86. The molecule has 5 rings (SSSR count). The van der Waals surface area contributed by atoms with Crippen molar-refractivity contribution < 1.29 is 9.53 Å². The SMILES string of the molecule is O=C(NC1CCOCC1)c1ccc(NC2C3CCc4ccccc4C32)nn1. The van der Waals surface area contributed by atoms with Crippen LogP contribution in [0.4, 0.5) is 5.82 Å². The van der Waals surface area contributed by atoms with Crippen molar-refractivity contribution in [3.63, 3.8) is 0 Å². The van der Waals surface area contributed by atoms with E-state index in [2.05, 4.69) is 45.1 Å². The van der Waals surface area contributed by atoms with Gasteiger partial charge in [0.25, 0.3) is 5.91 Å². The minimum absolute atomic E-state index is 0.157. The maximum absolute atomic E-state index is 12.3. The van der Waals surface area contributed by atoms with Crippen LogP contribution in [0.3, 0.4) is 0 Å². The quantitative estimate of drug-likeness (QED) is 0.872. The molecular formula is C21H24N4O2. The van der Waals surface area contributed by atoms with Gasteiger partial charge in [-0.3, -0.25) is 4.79 Å². The second-order valence-electron chi connectivity index (χ2n) is 7.76. The standard InChI is InChI=1S/C21H24N4O2/c26-21(22-14-9-11-27-12-10-14)17-7-8-18(25-24-17)23-20-16-6-5-13-3-1-2-4-15(13)19(16)20/h1-4,7-8,14,16,19-20H,5-6,9-12H2,(H,22,26)(H,23,25). The van der Waals surface area contributed by atoms with E-state index < -0.39 is 0 Å². The number of rotatable bonds is 4. The number of hydrogen-bond donors (Lipinski definition) is 2. The lowest BCUT2D eigenvalue weighted by molar-refractivity contribution is 0.0693. The number of ether oxygens (including phenoxy) is 1. The number of carbonyl (C=O) groups is 1. The Hall–Kier alpha value is -2.47. The molecule has 6 heteroatoms. The summed E-state index contributed by atoms with van der Waals surface area (Å²) < 4.78 is 5.32. The van der Waals surface area contributed by atoms with Crippen LogP contribution in [0, 0.1) is 5.92 Å². The lowest BCUT2D eigenvalue weighted by atomic mass is 9.92. The van der Waals surface area contributed by atoms with Crippen LogP contribution in [-0.4, -0.2) is 41.4 Å². The van der Waals surface area contributed by atoms with Crippen molar-refractivity contribution in [2.45, 2.75) is 43.7 Å². The molecule has 2 aromatic rings. The van der Waals surface area contributed by atoms with Gasteiger partial charge in [-0.15, -0.1) is 10.2 Å². The van der Waals surface area contributed by atoms with Crippen molar-refractivity contribution in [3.05, 3.63) is 53.2 Å². The molecule has 3 unspecified atom stereocenters. The number of carbonyl (C=O) groups excluding carboxylic acids is 1. The first kappa shape index (κ1) is 16.7. The lowest BCUT2D eigenvalue weighted by Gasteiger charge is -2.22. The average molecular weight is 364 g/mol. The summed E-state index contributed by atoms with van der Waals surface area (Å²) in [5, 5.41) is 14.9. The Balaban J connectivity index is 1.21. The number of aromatic nitrogens is 2. The Kier molecular flexibility index (Phi) is 4.28. The molecule has 27 heavy (non-hydrogen) atoms. The van der Waals surface area contributed by atoms with Crippen LogP contribution in [0.1, 0.15) is 46.8 Å². The smallest absolute Gasteiger partial charge is 0.272 e. The topological polar surface area (TPSA) is 76.1 Å². The third kappa shape index (κ3) is 3.30. The van der Waals surface area contributed by atoms with Gasteiger partial charge in [-0.2, -0.15) is 0 Å². The van der Waals surface area contributed by atoms with Gasteiger partial charge in [-0.25, -0.2) is 0 Å². The molecular weight excluding hydrogens is 340 g/mol. The number of nitrogens with one attached hydrogen (secondary N) is 2. The summed E-state index contributed by atoms with van der Waals surface area (Å²) in [6, 6.07) is 13.0. The Morgan fingerprint density at radius 1 is 1.04 bits per heavy atom. The van der Waals surface area contributed by atoms with E-state index in [1.165, 1.54) is 17.5 Å². The Labute approximate surface area is 158 Å². The van der Waals surface area contributed by atoms with Gasteiger partial charge in [-0.1, -0.05) is 24.3 Å². The minimum atomic E-state index is -0.157. The summed E-state index contributed by atoms with van der Waals surface area (Å²) in [5.41, 5.74) is 3.33. The Morgan fingerprint density at radius 3 is 2.70 bits per heavy atom. The molecule has 0 bridgehead atoms. The molecule has 3 atom stereocenters. The molecule has 6 nitrogen and oxygen atoms in total. The predicted molar refractivity (Wildman–Crippen MR) is 102 cm³/mol. The largest absolute Gasteiger partial charge is 0.381 e. The fourth-order valence-electron chi connectivity index (χ4n) is 4.57. The van der Waals surface area contributed by atoms with Crippen molar-refractivity contribution in [1.82, 2.24) is 15.5 Å². The molecule has 0 radical (unpaired) electrons. The second kappa shape index (κ2) is 6.93. The highest BCUT2D eigenvalue weighted by molar-refractivity contribution is 5.92. The van der Waals surface area contributed by atoms with Crippen LogP contribution >= 0.6 is 0 Å². The van der Waals surface area contributed by atoms with E-state index >= 15 is 0 Å². The van der Waals surface area contributed by atoms with Gasteiger partial charge < -0.3 is 15.4 Å². The van der Waals surface area contributed by atoms with Gasteiger partial charge >= 0.3 is 0 Å². The highest BCUT2D eigenvalue weighted by Crippen LogP contribution is 2.55. The Morgan fingerprint density at radius 2 is 1.89 bits per heavy atom. The van der Waals surface area contributed by atoms with Crippen molar-refractivity contribution >= 4 is 11.7 Å². The van der Waals surface area contributed by atoms with E-state index in [9.17, 15) is 4.79 Å². The van der Waals surface area contributed by atoms with E-state index in [0.717, 1.165) is 25.1 Å². The summed E-state index contributed by atoms with van der Waals surface area (Å²) in [5.74, 6) is 1.84. The zero-order valence-electron chi connectivity index (χ0n) is 15.2. The van der Waals surface area contributed by atoms with Gasteiger partial charge in [-0.05, 0) is 54.9 Å². The fourth-order valence-corrected chi connectivity index (χ4v) is 4.57. The molecule has 1 aliphatic heterocycles. The van der Waals surface area contributed by atoms with Gasteiger partial charge in [0.2, 0.25) is 0 Å². The molecule has 3 aliphatic rings. The molecule has 140 valence electrons. The Bertz CT molecular complexity index is 832. The van der Waals surface area contributed by atoms with E-state index in [1.54, 1.807) is 6.07 Å². The number of fused-ring (bicyclic) bond motifs is 3. The molecule has 2 fully saturated rings. The van der Waals surface area contributed by atoms with Crippen LogP contribution in [0.5, 0.6) is 0 Å². The third-order valence-corrected chi connectivity index (χ3v) is 6.10. The summed E-state index contributed by atoms with van der Waals surface area (Å²) >= 11 is 0. The van der Waals surface area contributed by atoms with Crippen molar-refractivity contribution in [1.29, 1.82) is 0 Å². The monoisotopic (exact) mass is 364 g/mol. The molecule has 2 N–H and O–H groups in total. The van der Waals surface area contributed by atoms with Crippen LogP contribution in [0.2, 0.25) is 0 Å². The summed E-state index contributed by atoms with van der Waals surface area (Å²) in [7, 11) is 0. The predicted octanol–water partition coefficient (Wildman–Crippen LogP) is 2.53. The lowest BCUT2D eigenvalue weighted by Crippen LogP contribution is -2.39. The molecule has 1 saturated heterocycles. The van der Waals surface area contributed by atoms with E-state index in [-0.39, 0.29) is 11.9 Å². The number of benzene rings is 1. The molecule has 1 aromatic carbocycles. The van der Waals surface area contributed by atoms with Crippen LogP contribution < -0.4 is 10.6 Å². The van der Waals surface area contributed by atoms with Crippen molar-refractivity contribution in [3.8, 4) is 0 Å². The molecule has 1 aromatic heterocycles. The normalized spacial score (nSPS) is 26.6. The fraction of sp³-hybridized carbons (Fsp3) is 0.476. The molecule has 1 amide bonds. The first-order chi connectivity index (χ1) is 13.3. The van der Waals surface area contributed by atoms with Gasteiger partial charge in [0.15, 0.2) is 5.69 Å². The second-order valence-corrected chi connectivity index (χ2v) is 7.76. The summed E-state index contributed by atoms with van der Waals surface area (Å²) in [4.78, 5) is 12.3. The first-order valence-corrected chi connectivity index (χ1v) is 9.86. The van der Waals surface area contributed by atoms with Crippen LogP contribution in [0.25, 0.3) is 0 Å². The third-order valence-electron chi connectivity index (χ3n) is 6.10. The molecule has 2 aliphatic carbocycles. The minimum Gasteiger partial charge on any atom is -0.381 e. The molecule has 0 spiro atoms. The van der Waals surface area contributed by atoms with Gasteiger partial charge in [0, 0.05) is 31.2 Å². The highest BCUT2D eigenvalue weighted by Gasteiger charge is 2.53. The van der Waals surface area contributed by atoms with E-state index in [4.69, 9.17) is 4.74 Å². The van der Waals surface area contributed by atoms with E-state index in [1.807, 2.05) is 6.07 Å². The number of aryl methyl sites for hydroxylation is 1. The van der Waals surface area contributed by atoms with Crippen molar-refractivity contribution in [2.24, 2.45) is 5.92 Å². The van der Waals surface area contributed by atoms with E-state index in [0.29, 0.717) is 36.8 Å². The zero-order chi connectivity index (χ0) is 18.2. The number of anilines is 1. The van der Waals surface area contributed by atoms with Crippen LogP contribution in [-0.2, 0) is 11.2 Å².